The van der Waals surface area contributed by atoms with E-state index in [1.54, 1.807) is 0 Å². The summed E-state index contributed by atoms with van der Waals surface area (Å²) in [6.45, 7) is 1.35. The van der Waals surface area contributed by atoms with Gasteiger partial charge in [0.15, 0.2) is 9.84 Å². The summed E-state index contributed by atoms with van der Waals surface area (Å²) < 4.78 is 41.7. The molecule has 4 nitrogen and oxygen atoms in total. The lowest BCUT2D eigenvalue weighted by Crippen LogP contribution is -2.23. The number of esters is 1. The van der Waals surface area contributed by atoms with E-state index in [4.69, 9.17) is 0 Å². The van der Waals surface area contributed by atoms with E-state index >= 15 is 0 Å². The number of carbonyl (C=O) groups excluding carboxylic acids is 1. The van der Waals surface area contributed by atoms with Gasteiger partial charge >= 0.3 is 5.97 Å². The predicted octanol–water partition coefficient (Wildman–Crippen LogP) is 1.55. The van der Waals surface area contributed by atoms with Crippen LogP contribution in [0.4, 0.5) is 4.39 Å². The Morgan fingerprint density at radius 2 is 2.00 bits per heavy atom. The summed E-state index contributed by atoms with van der Waals surface area (Å²) in [6, 6.07) is 5.08. The van der Waals surface area contributed by atoms with Crippen LogP contribution < -0.4 is 0 Å². The van der Waals surface area contributed by atoms with Crippen LogP contribution in [0.5, 0.6) is 0 Å². The number of methoxy groups -OCH3 is 1. The van der Waals surface area contributed by atoms with E-state index in [1.807, 2.05) is 0 Å². The summed E-state index contributed by atoms with van der Waals surface area (Å²) in [5.41, 5.74) is 0. The number of benzene rings is 1. The first kappa shape index (κ1) is 13.6. The van der Waals surface area contributed by atoms with E-state index in [9.17, 15) is 17.6 Å². The third-order valence-corrected chi connectivity index (χ3v) is 4.52. The molecule has 1 unspecified atom stereocenters. The van der Waals surface area contributed by atoms with E-state index in [0.717, 1.165) is 6.07 Å². The lowest BCUT2D eigenvalue weighted by Gasteiger charge is -2.12. The molecule has 0 aromatic heterocycles. The molecule has 0 N–H and O–H groups in total. The van der Waals surface area contributed by atoms with Gasteiger partial charge in [-0.15, -0.1) is 0 Å². The van der Waals surface area contributed by atoms with Gasteiger partial charge in [0.1, 0.15) is 10.7 Å². The molecule has 0 aliphatic rings. The third-order valence-electron chi connectivity index (χ3n) is 2.35. The fourth-order valence-electron chi connectivity index (χ4n) is 1.32. The molecule has 1 aromatic carbocycles. The molecule has 17 heavy (non-hydrogen) atoms. The number of hydrogen-bond donors (Lipinski definition) is 0. The molecule has 0 aliphatic carbocycles. The number of hydrogen-bond acceptors (Lipinski definition) is 4. The van der Waals surface area contributed by atoms with Crippen molar-refractivity contribution in [1.82, 2.24) is 0 Å². The number of halogens is 1. The van der Waals surface area contributed by atoms with Crippen LogP contribution in [0.3, 0.4) is 0 Å². The highest BCUT2D eigenvalue weighted by Gasteiger charge is 2.28. The maximum Gasteiger partial charge on any atom is 0.306 e. The van der Waals surface area contributed by atoms with Crippen LogP contribution >= 0.6 is 0 Å². The van der Waals surface area contributed by atoms with Crippen molar-refractivity contribution in [2.45, 2.75) is 23.5 Å². The summed E-state index contributed by atoms with van der Waals surface area (Å²) in [7, 11) is -2.68. The van der Waals surface area contributed by atoms with Gasteiger partial charge in [0.2, 0.25) is 0 Å². The summed E-state index contributed by atoms with van der Waals surface area (Å²) in [5.74, 6) is -1.46. The standard InChI is InChI=1S/C11H13FO4S/c1-8(7-11(13)16-2)17(14,15)10-6-4-3-5-9(10)12/h3-6,8H,7H2,1-2H3. The summed E-state index contributed by atoms with van der Waals surface area (Å²) in [6.07, 6.45) is -0.298. The van der Waals surface area contributed by atoms with E-state index < -0.39 is 31.8 Å². The normalized spacial score (nSPS) is 13.1. The Morgan fingerprint density at radius 1 is 1.41 bits per heavy atom. The smallest absolute Gasteiger partial charge is 0.306 e. The largest absolute Gasteiger partial charge is 0.469 e. The van der Waals surface area contributed by atoms with Crippen LogP contribution in [-0.4, -0.2) is 26.7 Å². The summed E-state index contributed by atoms with van der Waals surface area (Å²) in [4.78, 5) is 10.6. The molecular formula is C11H13FO4S. The van der Waals surface area contributed by atoms with E-state index in [0.29, 0.717) is 0 Å². The van der Waals surface area contributed by atoms with Crippen molar-refractivity contribution in [3.05, 3.63) is 30.1 Å². The number of rotatable bonds is 4. The van der Waals surface area contributed by atoms with Gasteiger partial charge in [0.05, 0.1) is 18.8 Å². The maximum absolute atomic E-state index is 13.4. The first-order valence-corrected chi connectivity index (χ1v) is 6.49. The van der Waals surface area contributed by atoms with Gasteiger partial charge in [0, 0.05) is 0 Å². The Bertz CT molecular complexity index is 510. The molecule has 0 spiro atoms. The first-order valence-electron chi connectivity index (χ1n) is 4.95. The number of sulfone groups is 1. The average Bonchev–Trinajstić information content (AvgIpc) is 2.29. The SMILES string of the molecule is COC(=O)CC(C)S(=O)(=O)c1ccccc1F. The molecule has 0 fully saturated rings. The Labute approximate surface area is 99.3 Å². The second kappa shape index (κ2) is 5.27. The van der Waals surface area contributed by atoms with Crippen LogP contribution in [0.25, 0.3) is 0 Å². The second-order valence-corrected chi connectivity index (χ2v) is 5.90. The van der Waals surface area contributed by atoms with E-state index in [-0.39, 0.29) is 6.42 Å². The molecule has 0 aliphatic heterocycles. The van der Waals surface area contributed by atoms with Gasteiger partial charge in [-0.1, -0.05) is 12.1 Å². The third kappa shape index (κ3) is 3.03. The van der Waals surface area contributed by atoms with Gasteiger partial charge in [-0.3, -0.25) is 4.79 Å². The molecule has 0 heterocycles. The highest BCUT2D eigenvalue weighted by atomic mass is 32.2. The topological polar surface area (TPSA) is 60.4 Å². The molecule has 0 saturated carbocycles. The zero-order valence-corrected chi connectivity index (χ0v) is 10.3. The molecule has 6 heteroatoms. The van der Waals surface area contributed by atoms with Crippen LogP contribution in [0, 0.1) is 5.82 Å². The molecule has 94 valence electrons. The highest BCUT2D eigenvalue weighted by Crippen LogP contribution is 2.21. The van der Waals surface area contributed by atoms with E-state index in [1.165, 1.54) is 32.2 Å². The minimum absolute atomic E-state index is 0.298. The molecule has 1 aromatic rings. The molecule has 0 amide bonds. The monoisotopic (exact) mass is 260 g/mol. The van der Waals surface area contributed by atoms with E-state index in [2.05, 4.69) is 4.74 Å². The average molecular weight is 260 g/mol. The minimum atomic E-state index is -3.85. The van der Waals surface area contributed by atoms with Gasteiger partial charge < -0.3 is 4.74 Å². The fraction of sp³-hybridized carbons (Fsp3) is 0.364. The zero-order chi connectivity index (χ0) is 13.1. The minimum Gasteiger partial charge on any atom is -0.469 e. The van der Waals surface area contributed by atoms with Gasteiger partial charge in [-0.05, 0) is 19.1 Å². The molecule has 0 bridgehead atoms. The van der Waals surface area contributed by atoms with Crippen molar-refractivity contribution in [2.75, 3.05) is 7.11 Å². The van der Waals surface area contributed by atoms with Crippen molar-refractivity contribution in [1.29, 1.82) is 0 Å². The molecule has 1 atom stereocenters. The van der Waals surface area contributed by atoms with Gasteiger partial charge in [0.25, 0.3) is 0 Å². The van der Waals surface area contributed by atoms with Crippen LogP contribution in [-0.2, 0) is 19.4 Å². The quantitative estimate of drug-likeness (QED) is 0.771. The van der Waals surface area contributed by atoms with Crippen molar-refractivity contribution in [3.8, 4) is 0 Å². The van der Waals surface area contributed by atoms with Gasteiger partial charge in [-0.2, -0.15) is 0 Å². The molecule has 0 radical (unpaired) electrons. The lowest BCUT2D eigenvalue weighted by atomic mass is 10.3. The van der Waals surface area contributed by atoms with Crippen LogP contribution in [0.1, 0.15) is 13.3 Å². The summed E-state index contributed by atoms with van der Waals surface area (Å²) >= 11 is 0. The fourth-order valence-corrected chi connectivity index (χ4v) is 2.72. The van der Waals surface area contributed by atoms with Crippen molar-refractivity contribution in [3.63, 3.8) is 0 Å². The van der Waals surface area contributed by atoms with Crippen LogP contribution in [0.15, 0.2) is 29.2 Å². The molecular weight excluding hydrogens is 247 g/mol. The Hall–Kier alpha value is -1.43. The van der Waals surface area contributed by atoms with Gasteiger partial charge in [-0.25, -0.2) is 12.8 Å². The zero-order valence-electron chi connectivity index (χ0n) is 9.51. The highest BCUT2D eigenvalue weighted by molar-refractivity contribution is 7.92. The Morgan fingerprint density at radius 3 is 2.53 bits per heavy atom. The first-order chi connectivity index (χ1) is 7.89. The Kier molecular flexibility index (Phi) is 4.22. The number of ether oxygens (including phenoxy) is 1. The second-order valence-electron chi connectivity index (χ2n) is 3.57. The lowest BCUT2D eigenvalue weighted by molar-refractivity contribution is -0.140. The van der Waals surface area contributed by atoms with Crippen molar-refractivity contribution < 1.29 is 22.3 Å². The predicted molar refractivity (Wildman–Crippen MR) is 59.7 cm³/mol. The van der Waals surface area contributed by atoms with Crippen LogP contribution in [0.2, 0.25) is 0 Å². The Balaban J connectivity index is 3.04. The summed E-state index contributed by atoms with van der Waals surface area (Å²) in [5, 5.41) is -1.02. The number of carbonyl (C=O) groups is 1. The molecule has 0 saturated heterocycles. The van der Waals surface area contributed by atoms with Crippen molar-refractivity contribution >= 4 is 15.8 Å². The molecule has 1 rings (SSSR count). The van der Waals surface area contributed by atoms with Crippen molar-refractivity contribution in [2.24, 2.45) is 0 Å². The maximum atomic E-state index is 13.4.